The maximum Gasteiger partial charge on any atom is 0.207 e. The van der Waals surface area contributed by atoms with Crippen molar-refractivity contribution in [3.8, 4) is 0 Å². The van der Waals surface area contributed by atoms with Gasteiger partial charge < -0.3 is 9.84 Å². The fourth-order valence-corrected chi connectivity index (χ4v) is 2.44. The van der Waals surface area contributed by atoms with E-state index in [9.17, 15) is 4.79 Å². The minimum atomic E-state index is -0.201. The van der Waals surface area contributed by atoms with E-state index in [-0.39, 0.29) is 18.3 Å². The second kappa shape index (κ2) is 8.49. The van der Waals surface area contributed by atoms with Crippen LogP contribution in [0.3, 0.4) is 0 Å². The van der Waals surface area contributed by atoms with E-state index in [0.717, 1.165) is 31.2 Å². The molecule has 0 aliphatic carbocycles. The van der Waals surface area contributed by atoms with Gasteiger partial charge in [0.2, 0.25) is 5.78 Å². The van der Waals surface area contributed by atoms with Crippen LogP contribution in [0.15, 0.2) is 46.8 Å². The topological polar surface area (TPSA) is 58.9 Å². The summed E-state index contributed by atoms with van der Waals surface area (Å²) in [6.45, 7) is 2.39. The molecular weight excluding hydrogens is 278 g/mol. The molecule has 1 heterocycles. The standard InChI is InChI=1S/C18H23NO3/c1-14-18(22-13-15-8-4-2-5-9-15)17(21)16(12-19-14)10-6-3-7-11-20/h2,4-5,8-9,12,16,20H,3,6-7,10-11,13H2,1H3. The molecule has 0 spiro atoms. The van der Waals surface area contributed by atoms with E-state index < -0.39 is 0 Å². The van der Waals surface area contributed by atoms with Crippen LogP contribution in [0.25, 0.3) is 0 Å². The Morgan fingerprint density at radius 1 is 1.18 bits per heavy atom. The van der Waals surface area contributed by atoms with Crippen molar-refractivity contribution in [2.24, 2.45) is 10.9 Å². The summed E-state index contributed by atoms with van der Waals surface area (Å²) in [7, 11) is 0. The van der Waals surface area contributed by atoms with Crippen LogP contribution < -0.4 is 0 Å². The van der Waals surface area contributed by atoms with E-state index in [2.05, 4.69) is 4.99 Å². The molecule has 0 amide bonds. The Balaban J connectivity index is 1.91. The van der Waals surface area contributed by atoms with E-state index in [1.165, 1.54) is 0 Å². The number of aliphatic imine (C=N–C) groups is 1. The summed E-state index contributed by atoms with van der Waals surface area (Å²) < 4.78 is 5.73. The third-order valence-corrected chi connectivity index (χ3v) is 3.74. The van der Waals surface area contributed by atoms with Crippen LogP contribution >= 0.6 is 0 Å². The molecule has 1 atom stereocenters. The summed E-state index contributed by atoms with van der Waals surface area (Å²) in [5.41, 5.74) is 1.68. The Hall–Kier alpha value is -1.94. The average Bonchev–Trinajstić information content (AvgIpc) is 2.54. The zero-order valence-corrected chi connectivity index (χ0v) is 13.0. The van der Waals surface area contributed by atoms with Gasteiger partial charge in [-0.15, -0.1) is 0 Å². The maximum atomic E-state index is 12.5. The monoisotopic (exact) mass is 301 g/mol. The van der Waals surface area contributed by atoms with Gasteiger partial charge in [-0.3, -0.25) is 9.79 Å². The highest BCUT2D eigenvalue weighted by molar-refractivity contribution is 6.06. The van der Waals surface area contributed by atoms with Crippen molar-refractivity contribution < 1.29 is 14.6 Å². The van der Waals surface area contributed by atoms with Gasteiger partial charge in [0.15, 0.2) is 5.76 Å². The minimum absolute atomic E-state index is 0.0208. The fraction of sp³-hybridized carbons (Fsp3) is 0.444. The number of carbonyl (C=O) groups is 1. The Labute approximate surface area is 131 Å². The Kier molecular flexibility index (Phi) is 6.34. The van der Waals surface area contributed by atoms with Crippen molar-refractivity contribution in [1.82, 2.24) is 0 Å². The number of Topliss-reactive ketones (excluding diaryl/α,β-unsaturated/α-hetero) is 1. The number of ketones is 1. The van der Waals surface area contributed by atoms with Crippen LogP contribution in [-0.4, -0.2) is 23.7 Å². The Bertz CT molecular complexity index is 549. The van der Waals surface area contributed by atoms with Crippen LogP contribution in [0, 0.1) is 5.92 Å². The van der Waals surface area contributed by atoms with Crippen molar-refractivity contribution in [1.29, 1.82) is 0 Å². The number of allylic oxidation sites excluding steroid dienone is 2. The van der Waals surface area contributed by atoms with Gasteiger partial charge in [-0.05, 0) is 25.3 Å². The fourth-order valence-electron chi connectivity index (χ4n) is 2.44. The van der Waals surface area contributed by atoms with Gasteiger partial charge in [-0.2, -0.15) is 0 Å². The van der Waals surface area contributed by atoms with Crippen molar-refractivity contribution in [3.05, 3.63) is 47.4 Å². The van der Waals surface area contributed by atoms with Gasteiger partial charge in [-0.1, -0.05) is 43.2 Å². The summed E-state index contributed by atoms with van der Waals surface area (Å²) in [5, 5.41) is 8.79. The predicted molar refractivity (Wildman–Crippen MR) is 86.5 cm³/mol. The first kappa shape index (κ1) is 16.4. The third-order valence-electron chi connectivity index (χ3n) is 3.74. The van der Waals surface area contributed by atoms with Crippen LogP contribution in [0.4, 0.5) is 0 Å². The van der Waals surface area contributed by atoms with Crippen molar-refractivity contribution >= 4 is 12.0 Å². The molecule has 1 aliphatic heterocycles. The lowest BCUT2D eigenvalue weighted by molar-refractivity contribution is -0.121. The molecule has 1 unspecified atom stereocenters. The molecule has 1 aliphatic rings. The average molecular weight is 301 g/mol. The lowest BCUT2D eigenvalue weighted by Crippen LogP contribution is -2.24. The normalized spacial score (nSPS) is 17.9. The van der Waals surface area contributed by atoms with Crippen LogP contribution in [0.1, 0.15) is 38.2 Å². The van der Waals surface area contributed by atoms with Crippen molar-refractivity contribution in [2.75, 3.05) is 6.61 Å². The molecular formula is C18H23NO3. The first-order chi connectivity index (χ1) is 10.7. The van der Waals surface area contributed by atoms with Gasteiger partial charge in [0, 0.05) is 12.8 Å². The number of hydrogen-bond donors (Lipinski definition) is 1. The predicted octanol–water partition coefficient (Wildman–Crippen LogP) is 3.26. The molecule has 1 aromatic rings. The van der Waals surface area contributed by atoms with Crippen molar-refractivity contribution in [2.45, 2.75) is 39.2 Å². The van der Waals surface area contributed by atoms with Crippen LogP contribution in [-0.2, 0) is 16.1 Å². The molecule has 118 valence electrons. The molecule has 0 aromatic heterocycles. The molecule has 0 saturated carbocycles. The van der Waals surface area contributed by atoms with Gasteiger partial charge in [-0.25, -0.2) is 0 Å². The van der Waals surface area contributed by atoms with Gasteiger partial charge in [0.1, 0.15) is 6.61 Å². The van der Waals surface area contributed by atoms with Gasteiger partial charge in [0.25, 0.3) is 0 Å². The van der Waals surface area contributed by atoms with Gasteiger partial charge >= 0.3 is 0 Å². The lowest BCUT2D eigenvalue weighted by Gasteiger charge is -2.19. The molecule has 4 nitrogen and oxygen atoms in total. The minimum Gasteiger partial charge on any atom is -0.483 e. The summed E-state index contributed by atoms with van der Waals surface area (Å²) >= 11 is 0. The largest absolute Gasteiger partial charge is 0.483 e. The number of aliphatic hydroxyl groups is 1. The Morgan fingerprint density at radius 3 is 2.68 bits per heavy atom. The second-order valence-corrected chi connectivity index (χ2v) is 5.51. The second-order valence-electron chi connectivity index (χ2n) is 5.51. The molecule has 0 radical (unpaired) electrons. The molecule has 4 heteroatoms. The first-order valence-electron chi connectivity index (χ1n) is 7.79. The quantitative estimate of drug-likeness (QED) is 0.750. The number of unbranched alkanes of at least 4 members (excludes halogenated alkanes) is 2. The van der Waals surface area contributed by atoms with E-state index in [0.29, 0.717) is 18.1 Å². The number of rotatable bonds is 8. The molecule has 0 bridgehead atoms. The van der Waals surface area contributed by atoms with E-state index in [1.54, 1.807) is 13.1 Å². The summed E-state index contributed by atoms with van der Waals surface area (Å²) in [6.07, 6.45) is 5.11. The lowest BCUT2D eigenvalue weighted by atomic mass is 9.94. The summed E-state index contributed by atoms with van der Waals surface area (Å²) in [6, 6.07) is 9.79. The number of aliphatic hydroxyl groups excluding tert-OH is 1. The van der Waals surface area contributed by atoms with E-state index in [1.807, 2.05) is 30.3 Å². The smallest absolute Gasteiger partial charge is 0.207 e. The number of benzene rings is 1. The summed E-state index contributed by atoms with van der Waals surface area (Å²) in [4.78, 5) is 16.8. The number of ether oxygens (including phenoxy) is 1. The maximum absolute atomic E-state index is 12.5. The molecule has 22 heavy (non-hydrogen) atoms. The highest BCUT2D eigenvalue weighted by Gasteiger charge is 2.26. The highest BCUT2D eigenvalue weighted by atomic mass is 16.5. The number of hydrogen-bond acceptors (Lipinski definition) is 4. The molecule has 2 rings (SSSR count). The molecule has 1 aromatic carbocycles. The Morgan fingerprint density at radius 2 is 1.95 bits per heavy atom. The zero-order chi connectivity index (χ0) is 15.8. The highest BCUT2D eigenvalue weighted by Crippen LogP contribution is 2.23. The number of carbonyl (C=O) groups excluding carboxylic acids is 1. The number of nitrogens with zero attached hydrogens (tertiary/aromatic N) is 1. The molecule has 1 N–H and O–H groups in total. The van der Waals surface area contributed by atoms with Gasteiger partial charge in [0.05, 0.1) is 11.6 Å². The molecule has 0 saturated heterocycles. The SMILES string of the molecule is CC1=C(OCc2ccccc2)C(=O)C(CCCCCO)C=N1. The van der Waals surface area contributed by atoms with E-state index >= 15 is 0 Å². The zero-order valence-electron chi connectivity index (χ0n) is 13.0. The van der Waals surface area contributed by atoms with Crippen LogP contribution in [0.2, 0.25) is 0 Å². The third kappa shape index (κ3) is 4.53. The van der Waals surface area contributed by atoms with Crippen molar-refractivity contribution in [3.63, 3.8) is 0 Å². The summed E-state index contributed by atoms with van der Waals surface area (Å²) in [5.74, 6) is 0.208. The molecule has 0 fully saturated rings. The van der Waals surface area contributed by atoms with E-state index in [4.69, 9.17) is 9.84 Å². The first-order valence-corrected chi connectivity index (χ1v) is 7.79. The van der Waals surface area contributed by atoms with Crippen LogP contribution in [0.5, 0.6) is 0 Å².